The molecule has 1 N–H and O–H groups in total. The number of hydrogen-bond acceptors (Lipinski definition) is 5. The Labute approximate surface area is 94.8 Å². The summed E-state index contributed by atoms with van der Waals surface area (Å²) in [4.78, 5) is 32.8. The summed E-state index contributed by atoms with van der Waals surface area (Å²) in [7, 11) is 0. The number of unbranched alkanes of at least 4 members (excludes halogenated alkanes) is 3. The van der Waals surface area contributed by atoms with Gasteiger partial charge in [-0.25, -0.2) is 0 Å². The molecule has 5 heteroatoms. The van der Waals surface area contributed by atoms with Crippen molar-refractivity contribution in [2.24, 2.45) is 0 Å². The zero-order valence-corrected chi connectivity index (χ0v) is 9.69. The Kier molecular flexibility index (Phi) is 7.37. The Hall–Kier alpha value is -1.23. The lowest BCUT2D eigenvalue weighted by Gasteiger charge is -2.08. The van der Waals surface area contributed by atoms with Crippen LogP contribution in [0.3, 0.4) is 0 Å². The number of carbonyl (C=O) groups excluding carboxylic acids is 3. The van der Waals surface area contributed by atoms with E-state index in [0.29, 0.717) is 6.42 Å². The molecule has 0 amide bonds. The minimum atomic E-state index is -1.95. The van der Waals surface area contributed by atoms with Crippen molar-refractivity contribution in [1.29, 1.82) is 0 Å². The second-order valence-electron chi connectivity index (χ2n) is 3.56. The number of Topliss-reactive ketones (excluding diaryl/α,β-unsaturated/α-hetero) is 2. The lowest BCUT2D eigenvalue weighted by Crippen LogP contribution is -2.32. The van der Waals surface area contributed by atoms with Crippen molar-refractivity contribution in [3.8, 4) is 0 Å². The predicted octanol–water partition coefficient (Wildman–Crippen LogP) is 0.976. The molecule has 0 aromatic carbocycles. The van der Waals surface area contributed by atoms with Crippen LogP contribution in [0, 0.1) is 0 Å². The van der Waals surface area contributed by atoms with Crippen LogP contribution in [-0.2, 0) is 19.1 Å². The fourth-order valence-electron chi connectivity index (χ4n) is 1.18. The number of aliphatic hydroxyl groups excluding tert-OH is 1. The van der Waals surface area contributed by atoms with Crippen LogP contribution in [0.5, 0.6) is 0 Å². The number of hydrogen-bond donors (Lipinski definition) is 1. The highest BCUT2D eigenvalue weighted by Crippen LogP contribution is 2.04. The molecule has 1 unspecified atom stereocenters. The van der Waals surface area contributed by atoms with Gasteiger partial charge in [0.25, 0.3) is 12.1 Å². The molecule has 0 aromatic heterocycles. The highest BCUT2D eigenvalue weighted by atomic mass is 16.6. The Bertz CT molecular complexity index is 259. The Morgan fingerprint density at radius 1 is 1.19 bits per heavy atom. The van der Waals surface area contributed by atoms with Crippen molar-refractivity contribution in [2.75, 3.05) is 0 Å². The van der Waals surface area contributed by atoms with E-state index < -0.39 is 23.8 Å². The molecule has 0 saturated heterocycles. The number of aliphatic hydroxyl groups is 1. The lowest BCUT2D eigenvalue weighted by molar-refractivity contribution is -0.174. The molecular formula is C11H18O5. The van der Waals surface area contributed by atoms with E-state index in [1.54, 1.807) is 0 Å². The maximum atomic E-state index is 11.2. The van der Waals surface area contributed by atoms with Gasteiger partial charge in [0.05, 0.1) is 0 Å². The van der Waals surface area contributed by atoms with Crippen molar-refractivity contribution < 1.29 is 24.2 Å². The third-order valence-corrected chi connectivity index (χ3v) is 2.03. The van der Waals surface area contributed by atoms with E-state index >= 15 is 0 Å². The molecule has 0 aliphatic heterocycles. The van der Waals surface area contributed by atoms with Gasteiger partial charge in [0.1, 0.15) is 0 Å². The summed E-state index contributed by atoms with van der Waals surface area (Å²) in [6.07, 6.45) is 1.68. The molecule has 0 aliphatic carbocycles. The highest BCUT2D eigenvalue weighted by Gasteiger charge is 2.24. The summed E-state index contributed by atoms with van der Waals surface area (Å²) in [5, 5.41) is 9.05. The van der Waals surface area contributed by atoms with E-state index in [2.05, 4.69) is 4.74 Å². The fourth-order valence-corrected chi connectivity index (χ4v) is 1.18. The second kappa shape index (κ2) is 7.98. The molecule has 1 atom stereocenters. The van der Waals surface area contributed by atoms with Gasteiger partial charge in [0.15, 0.2) is 0 Å². The standard InChI is InChI=1S/C11H18O5/c1-3-4-5-6-7-9(13)10(14)11(15)16-8(2)12/h11,15H,3-7H2,1-2H3. The molecule has 0 heterocycles. The van der Waals surface area contributed by atoms with Crippen LogP contribution in [-0.4, -0.2) is 28.9 Å². The number of carbonyl (C=O) groups is 3. The summed E-state index contributed by atoms with van der Waals surface area (Å²) in [5.74, 6) is -2.53. The van der Waals surface area contributed by atoms with Gasteiger partial charge in [-0.2, -0.15) is 0 Å². The Balaban J connectivity index is 3.89. The smallest absolute Gasteiger partial charge is 0.305 e. The molecule has 0 radical (unpaired) electrons. The normalized spacial score (nSPS) is 11.9. The monoisotopic (exact) mass is 230 g/mol. The fraction of sp³-hybridized carbons (Fsp3) is 0.727. The van der Waals surface area contributed by atoms with Crippen LogP contribution in [0.1, 0.15) is 46.0 Å². The first-order valence-corrected chi connectivity index (χ1v) is 5.41. The second-order valence-corrected chi connectivity index (χ2v) is 3.56. The number of rotatable bonds is 8. The van der Waals surface area contributed by atoms with Gasteiger partial charge in [0, 0.05) is 13.3 Å². The van der Waals surface area contributed by atoms with Crippen LogP contribution in [0.2, 0.25) is 0 Å². The average Bonchev–Trinajstić information content (AvgIpc) is 2.22. The number of esters is 1. The lowest BCUT2D eigenvalue weighted by atomic mass is 10.1. The molecule has 0 fully saturated rings. The average molecular weight is 230 g/mol. The van der Waals surface area contributed by atoms with Gasteiger partial charge in [-0.15, -0.1) is 0 Å². The van der Waals surface area contributed by atoms with Gasteiger partial charge in [-0.1, -0.05) is 26.2 Å². The van der Waals surface area contributed by atoms with Gasteiger partial charge in [0.2, 0.25) is 5.78 Å². The molecular weight excluding hydrogens is 212 g/mol. The number of ketones is 2. The van der Waals surface area contributed by atoms with Gasteiger partial charge in [-0.05, 0) is 6.42 Å². The van der Waals surface area contributed by atoms with Gasteiger partial charge in [-0.3, -0.25) is 14.4 Å². The van der Waals surface area contributed by atoms with E-state index in [1.165, 1.54) is 0 Å². The Morgan fingerprint density at radius 3 is 2.31 bits per heavy atom. The topological polar surface area (TPSA) is 80.7 Å². The maximum Gasteiger partial charge on any atom is 0.305 e. The van der Waals surface area contributed by atoms with Crippen molar-refractivity contribution in [1.82, 2.24) is 0 Å². The SMILES string of the molecule is CCCCCCC(=O)C(=O)C(O)OC(C)=O. The van der Waals surface area contributed by atoms with E-state index in [0.717, 1.165) is 26.2 Å². The number of ether oxygens (including phenoxy) is 1. The highest BCUT2D eigenvalue weighted by molar-refractivity contribution is 6.38. The Morgan fingerprint density at radius 2 is 1.81 bits per heavy atom. The van der Waals surface area contributed by atoms with E-state index in [4.69, 9.17) is 5.11 Å². The molecule has 5 nitrogen and oxygen atoms in total. The molecule has 92 valence electrons. The van der Waals surface area contributed by atoms with E-state index in [9.17, 15) is 14.4 Å². The summed E-state index contributed by atoms with van der Waals surface area (Å²) in [5.41, 5.74) is 0. The van der Waals surface area contributed by atoms with Crippen molar-refractivity contribution >= 4 is 17.5 Å². The minimum absolute atomic E-state index is 0.0944. The largest absolute Gasteiger partial charge is 0.428 e. The first-order chi connectivity index (χ1) is 7.49. The van der Waals surface area contributed by atoms with Crippen LogP contribution in [0.25, 0.3) is 0 Å². The van der Waals surface area contributed by atoms with Crippen LogP contribution in [0.15, 0.2) is 0 Å². The maximum absolute atomic E-state index is 11.2. The summed E-state index contributed by atoms with van der Waals surface area (Å²) < 4.78 is 4.21. The molecule has 0 aromatic rings. The van der Waals surface area contributed by atoms with Crippen LogP contribution < -0.4 is 0 Å². The third kappa shape index (κ3) is 6.29. The summed E-state index contributed by atoms with van der Waals surface area (Å²) in [6.45, 7) is 3.10. The zero-order valence-electron chi connectivity index (χ0n) is 9.69. The molecule has 0 spiro atoms. The zero-order chi connectivity index (χ0) is 12.6. The summed E-state index contributed by atoms with van der Waals surface area (Å²) in [6, 6.07) is 0. The van der Waals surface area contributed by atoms with Crippen molar-refractivity contribution in [3.63, 3.8) is 0 Å². The quantitative estimate of drug-likeness (QED) is 0.291. The third-order valence-electron chi connectivity index (χ3n) is 2.03. The predicted molar refractivity (Wildman–Crippen MR) is 56.5 cm³/mol. The van der Waals surface area contributed by atoms with Crippen molar-refractivity contribution in [2.45, 2.75) is 52.2 Å². The molecule has 0 bridgehead atoms. The van der Waals surface area contributed by atoms with Crippen LogP contribution >= 0.6 is 0 Å². The first kappa shape index (κ1) is 14.8. The molecule has 0 saturated carbocycles. The summed E-state index contributed by atoms with van der Waals surface area (Å²) >= 11 is 0. The molecule has 0 aliphatic rings. The van der Waals surface area contributed by atoms with E-state index in [-0.39, 0.29) is 6.42 Å². The molecule has 0 rings (SSSR count). The van der Waals surface area contributed by atoms with E-state index in [1.807, 2.05) is 6.92 Å². The first-order valence-electron chi connectivity index (χ1n) is 5.41. The van der Waals surface area contributed by atoms with Crippen molar-refractivity contribution in [3.05, 3.63) is 0 Å². The van der Waals surface area contributed by atoms with Crippen LogP contribution in [0.4, 0.5) is 0 Å². The van der Waals surface area contributed by atoms with Gasteiger partial charge < -0.3 is 9.84 Å². The van der Waals surface area contributed by atoms with Gasteiger partial charge >= 0.3 is 5.97 Å². The minimum Gasteiger partial charge on any atom is -0.428 e. The molecule has 16 heavy (non-hydrogen) atoms.